The fraction of sp³-hybridized carbons (Fsp3) is 0.917. The molecule has 0 radical (unpaired) electrons. The van der Waals surface area contributed by atoms with E-state index < -0.39 is 24.7 Å². The fourth-order valence-corrected chi connectivity index (χ4v) is 2.39. The molecule has 1 aliphatic rings. The predicted octanol–water partition coefficient (Wildman–Crippen LogP) is 3.23. The zero-order chi connectivity index (χ0) is 13.8. The van der Waals surface area contributed by atoms with Crippen LogP contribution in [0.5, 0.6) is 0 Å². The van der Waals surface area contributed by atoms with Crippen LogP contribution in [-0.4, -0.2) is 30.0 Å². The van der Waals surface area contributed by atoms with Crippen molar-refractivity contribution in [3.63, 3.8) is 0 Å². The van der Waals surface area contributed by atoms with Crippen LogP contribution in [0.4, 0.5) is 13.2 Å². The molecule has 6 heteroatoms. The molecular weight excluding hydrogens is 249 g/mol. The lowest BCUT2D eigenvalue weighted by molar-refractivity contribution is -0.227. The first-order valence-corrected chi connectivity index (χ1v) is 6.19. The second-order valence-electron chi connectivity index (χ2n) is 5.10. The summed E-state index contributed by atoms with van der Waals surface area (Å²) in [5.41, 5.74) is 0. The van der Waals surface area contributed by atoms with Gasteiger partial charge >= 0.3 is 12.1 Å². The van der Waals surface area contributed by atoms with Gasteiger partial charge in [0.25, 0.3) is 0 Å². The zero-order valence-corrected chi connectivity index (χ0v) is 10.4. The van der Waals surface area contributed by atoms with Crippen molar-refractivity contribution >= 4 is 5.97 Å². The molecule has 3 nitrogen and oxygen atoms in total. The smallest absolute Gasteiger partial charge is 0.415 e. The maximum absolute atomic E-state index is 12.5. The van der Waals surface area contributed by atoms with Crippen molar-refractivity contribution in [3.05, 3.63) is 0 Å². The van der Waals surface area contributed by atoms with Gasteiger partial charge in [-0.2, -0.15) is 13.2 Å². The van der Waals surface area contributed by atoms with Gasteiger partial charge in [0.1, 0.15) is 0 Å². The molecule has 1 aliphatic carbocycles. The maximum Gasteiger partial charge on any atom is 0.415 e. The van der Waals surface area contributed by atoms with Crippen molar-refractivity contribution in [3.8, 4) is 0 Å². The van der Waals surface area contributed by atoms with Crippen LogP contribution in [0.15, 0.2) is 0 Å². The SMILES string of the molecule is CC1CCCC(COC(CC(=O)O)C(F)(F)F)C1. The molecule has 0 aromatic rings. The molecule has 106 valence electrons. The van der Waals surface area contributed by atoms with Crippen molar-refractivity contribution in [2.45, 2.75) is 51.3 Å². The minimum Gasteiger partial charge on any atom is -0.481 e. The van der Waals surface area contributed by atoms with Crippen LogP contribution in [0.3, 0.4) is 0 Å². The van der Waals surface area contributed by atoms with Crippen LogP contribution >= 0.6 is 0 Å². The van der Waals surface area contributed by atoms with Gasteiger partial charge in [-0.15, -0.1) is 0 Å². The van der Waals surface area contributed by atoms with Gasteiger partial charge < -0.3 is 9.84 Å². The Kier molecular flexibility index (Phi) is 5.44. The average Bonchev–Trinajstić information content (AvgIpc) is 2.22. The quantitative estimate of drug-likeness (QED) is 0.832. The van der Waals surface area contributed by atoms with Gasteiger partial charge in [-0.1, -0.05) is 19.8 Å². The number of carboxylic acid groups (broad SMARTS) is 1. The zero-order valence-electron chi connectivity index (χ0n) is 10.4. The van der Waals surface area contributed by atoms with Gasteiger partial charge in [-0.3, -0.25) is 4.79 Å². The molecular formula is C12H19F3O3. The second kappa shape index (κ2) is 6.41. The second-order valence-corrected chi connectivity index (χ2v) is 5.10. The number of ether oxygens (including phenoxy) is 1. The monoisotopic (exact) mass is 268 g/mol. The first kappa shape index (κ1) is 15.3. The largest absolute Gasteiger partial charge is 0.481 e. The van der Waals surface area contributed by atoms with Crippen molar-refractivity contribution in [2.24, 2.45) is 11.8 Å². The Morgan fingerprint density at radius 1 is 1.44 bits per heavy atom. The number of alkyl halides is 3. The number of carbonyl (C=O) groups is 1. The summed E-state index contributed by atoms with van der Waals surface area (Å²) in [6, 6.07) is 0. The molecule has 1 rings (SSSR count). The summed E-state index contributed by atoms with van der Waals surface area (Å²) >= 11 is 0. The number of carboxylic acids is 1. The Balaban J connectivity index is 2.43. The number of aliphatic carboxylic acids is 1. The first-order chi connectivity index (χ1) is 8.29. The molecule has 3 atom stereocenters. The van der Waals surface area contributed by atoms with Crippen LogP contribution in [0, 0.1) is 11.8 Å². The molecule has 0 aliphatic heterocycles. The van der Waals surface area contributed by atoms with Crippen LogP contribution in [0.25, 0.3) is 0 Å². The van der Waals surface area contributed by atoms with E-state index in [0.717, 1.165) is 25.7 Å². The molecule has 0 bridgehead atoms. The summed E-state index contributed by atoms with van der Waals surface area (Å²) < 4.78 is 42.4. The van der Waals surface area contributed by atoms with E-state index in [-0.39, 0.29) is 12.5 Å². The summed E-state index contributed by atoms with van der Waals surface area (Å²) in [6.45, 7) is 2.08. The molecule has 3 unspecified atom stereocenters. The molecule has 18 heavy (non-hydrogen) atoms. The minimum atomic E-state index is -4.61. The molecule has 0 aromatic carbocycles. The molecule has 0 aromatic heterocycles. The third kappa shape index (κ3) is 5.25. The Hall–Kier alpha value is -0.780. The van der Waals surface area contributed by atoms with E-state index in [1.165, 1.54) is 0 Å². The third-order valence-electron chi connectivity index (χ3n) is 3.30. The summed E-state index contributed by atoms with van der Waals surface area (Å²) in [4.78, 5) is 10.4. The molecule has 1 fully saturated rings. The Morgan fingerprint density at radius 3 is 2.61 bits per heavy atom. The summed E-state index contributed by atoms with van der Waals surface area (Å²) in [5.74, 6) is -0.863. The normalized spacial score (nSPS) is 26.9. The summed E-state index contributed by atoms with van der Waals surface area (Å²) in [5, 5.41) is 8.45. The van der Waals surface area contributed by atoms with E-state index in [1.54, 1.807) is 0 Å². The minimum absolute atomic E-state index is 0.00178. The van der Waals surface area contributed by atoms with Gasteiger partial charge in [0.15, 0.2) is 6.10 Å². The number of halogens is 3. The lowest BCUT2D eigenvalue weighted by atomic mass is 9.83. The highest BCUT2D eigenvalue weighted by atomic mass is 19.4. The van der Waals surface area contributed by atoms with Crippen molar-refractivity contribution in [2.75, 3.05) is 6.61 Å². The van der Waals surface area contributed by atoms with E-state index in [0.29, 0.717) is 5.92 Å². The van der Waals surface area contributed by atoms with Gasteiger partial charge in [0.05, 0.1) is 13.0 Å². The van der Waals surface area contributed by atoms with E-state index >= 15 is 0 Å². The molecule has 1 N–H and O–H groups in total. The lowest BCUT2D eigenvalue weighted by Crippen LogP contribution is -2.35. The van der Waals surface area contributed by atoms with Gasteiger partial charge in [-0.25, -0.2) is 0 Å². The summed E-state index contributed by atoms with van der Waals surface area (Å²) in [7, 11) is 0. The summed E-state index contributed by atoms with van der Waals surface area (Å²) in [6.07, 6.45) is -3.99. The lowest BCUT2D eigenvalue weighted by Gasteiger charge is -2.28. The standard InChI is InChI=1S/C12H19F3O3/c1-8-3-2-4-9(5-8)7-18-10(6-11(16)17)12(13,14)15/h8-10H,2-7H2,1H3,(H,16,17). The maximum atomic E-state index is 12.5. The topological polar surface area (TPSA) is 46.5 Å². The molecule has 0 amide bonds. The highest BCUT2D eigenvalue weighted by Gasteiger charge is 2.42. The third-order valence-corrected chi connectivity index (χ3v) is 3.30. The Morgan fingerprint density at radius 2 is 2.11 bits per heavy atom. The number of rotatable bonds is 5. The molecule has 1 saturated carbocycles. The van der Waals surface area contributed by atoms with Crippen LogP contribution < -0.4 is 0 Å². The predicted molar refractivity (Wildman–Crippen MR) is 59.2 cm³/mol. The highest BCUT2D eigenvalue weighted by Crippen LogP contribution is 2.31. The van der Waals surface area contributed by atoms with Gasteiger partial charge in [0, 0.05) is 0 Å². The molecule has 0 spiro atoms. The average molecular weight is 268 g/mol. The van der Waals surface area contributed by atoms with Gasteiger partial charge in [0.2, 0.25) is 0 Å². The van der Waals surface area contributed by atoms with Crippen LogP contribution in [0.1, 0.15) is 39.0 Å². The fourth-order valence-electron chi connectivity index (χ4n) is 2.39. The van der Waals surface area contributed by atoms with Gasteiger partial charge in [-0.05, 0) is 24.7 Å². The molecule has 0 saturated heterocycles. The van der Waals surface area contributed by atoms with Crippen molar-refractivity contribution in [1.82, 2.24) is 0 Å². The van der Waals surface area contributed by atoms with Crippen molar-refractivity contribution < 1.29 is 27.8 Å². The van der Waals surface area contributed by atoms with E-state index in [1.807, 2.05) is 0 Å². The Bertz CT molecular complexity index is 278. The number of hydrogen-bond acceptors (Lipinski definition) is 2. The molecule has 0 heterocycles. The van der Waals surface area contributed by atoms with E-state index in [9.17, 15) is 18.0 Å². The van der Waals surface area contributed by atoms with E-state index in [2.05, 4.69) is 6.92 Å². The van der Waals surface area contributed by atoms with Crippen LogP contribution in [0.2, 0.25) is 0 Å². The Labute approximate surface area is 104 Å². The first-order valence-electron chi connectivity index (χ1n) is 6.19. The number of hydrogen-bond donors (Lipinski definition) is 1. The van der Waals surface area contributed by atoms with E-state index in [4.69, 9.17) is 9.84 Å². The van der Waals surface area contributed by atoms with Crippen molar-refractivity contribution in [1.29, 1.82) is 0 Å². The van der Waals surface area contributed by atoms with Crippen LogP contribution in [-0.2, 0) is 9.53 Å². The highest BCUT2D eigenvalue weighted by molar-refractivity contribution is 5.67.